The van der Waals surface area contributed by atoms with Crippen LogP contribution in [0, 0.1) is 0 Å². The van der Waals surface area contributed by atoms with Gasteiger partial charge in [0, 0.05) is 55.1 Å². The van der Waals surface area contributed by atoms with Crippen molar-refractivity contribution in [2.75, 3.05) is 36.0 Å². The predicted octanol–water partition coefficient (Wildman–Crippen LogP) is 4.93. The first kappa shape index (κ1) is 45.4. The molecule has 0 spiro atoms. The van der Waals surface area contributed by atoms with E-state index in [-0.39, 0.29) is 10.9 Å². The molecule has 5 N–H and O–H groups in total. The standard InChI is InChI=1S/C24H27N7O2S.3C2HF3O2/c1-17(2)29-34(32,33)21-5-3-4-20(13-21)30-8-10-31(11-9-30)24-22-12-18(19-14-27-28-15-19)6-7-23(22)25-16-26-24;3*3-2(4,5)1(6)7/h3-7,12-17,29H,8-11H2,1-2H3,(H,27,28);3*(H,6,7). The summed E-state index contributed by atoms with van der Waals surface area (Å²) in [5.41, 5.74) is 3.88. The number of carboxylic acids is 3. The number of fused-ring (bicyclic) bond motifs is 1. The smallest absolute Gasteiger partial charge is 0.475 e. The Kier molecular flexibility index (Phi) is 15.3. The highest BCUT2D eigenvalue weighted by Gasteiger charge is 2.39. The average molecular weight is 820 g/mol. The molecule has 5 rings (SSSR count). The molecule has 0 bridgehead atoms. The number of hydrogen-bond donors (Lipinski definition) is 5. The summed E-state index contributed by atoms with van der Waals surface area (Å²) in [6, 6.07) is 13.1. The van der Waals surface area contributed by atoms with Crippen LogP contribution in [0.4, 0.5) is 51.0 Å². The average Bonchev–Trinajstić information content (AvgIpc) is 3.62. The lowest BCUT2D eigenvalue weighted by Gasteiger charge is -2.37. The van der Waals surface area contributed by atoms with Crippen molar-refractivity contribution >= 4 is 50.3 Å². The second-order valence-electron chi connectivity index (χ2n) is 11.1. The van der Waals surface area contributed by atoms with Gasteiger partial charge in [-0.3, -0.25) is 5.10 Å². The van der Waals surface area contributed by atoms with Gasteiger partial charge in [0.1, 0.15) is 12.1 Å². The van der Waals surface area contributed by atoms with Crippen molar-refractivity contribution in [2.45, 2.75) is 43.3 Å². The van der Waals surface area contributed by atoms with Gasteiger partial charge in [0.05, 0.1) is 16.6 Å². The summed E-state index contributed by atoms with van der Waals surface area (Å²) >= 11 is 0. The summed E-state index contributed by atoms with van der Waals surface area (Å²) in [7, 11) is -3.53. The van der Waals surface area contributed by atoms with Crippen LogP contribution < -0.4 is 14.5 Å². The van der Waals surface area contributed by atoms with Gasteiger partial charge in [0.15, 0.2) is 0 Å². The van der Waals surface area contributed by atoms with Crippen LogP contribution in [-0.2, 0) is 24.4 Å². The molecule has 0 unspecified atom stereocenters. The molecule has 0 aliphatic carbocycles. The first-order valence-corrected chi connectivity index (χ1v) is 16.5. The minimum Gasteiger partial charge on any atom is -0.475 e. The number of H-pyrrole nitrogens is 1. The third-order valence-electron chi connectivity index (χ3n) is 6.64. The molecule has 55 heavy (non-hydrogen) atoms. The maximum atomic E-state index is 12.6. The second-order valence-corrected chi connectivity index (χ2v) is 12.8. The molecule has 0 saturated carbocycles. The Morgan fingerprint density at radius 2 is 1.27 bits per heavy atom. The van der Waals surface area contributed by atoms with Crippen LogP contribution in [0.25, 0.3) is 22.0 Å². The Hall–Kier alpha value is -5.72. The first-order valence-electron chi connectivity index (χ1n) is 15.0. The van der Waals surface area contributed by atoms with E-state index in [2.05, 4.69) is 40.8 Å². The number of aliphatic carboxylic acids is 3. The van der Waals surface area contributed by atoms with Crippen molar-refractivity contribution < 1.29 is 77.6 Å². The molecular weight excluding hydrogens is 789 g/mol. The number of carboxylic acid groups (broad SMARTS) is 3. The third-order valence-corrected chi connectivity index (χ3v) is 8.29. The fourth-order valence-electron chi connectivity index (χ4n) is 4.29. The SMILES string of the molecule is CC(C)NS(=O)(=O)c1cccc(N2CCN(c3ncnc4ccc(-c5cn[nH]c5)cc34)CC2)c1.O=C(O)C(F)(F)F.O=C(O)C(F)(F)F.O=C(O)C(F)(F)F. The molecule has 0 amide bonds. The lowest BCUT2D eigenvalue weighted by Crippen LogP contribution is -2.47. The number of alkyl halides is 9. The van der Waals surface area contributed by atoms with Crippen LogP contribution in [0.2, 0.25) is 0 Å². The summed E-state index contributed by atoms with van der Waals surface area (Å²) < 4.78 is 123. The number of nitrogens with one attached hydrogen (secondary N) is 2. The van der Waals surface area contributed by atoms with Crippen molar-refractivity contribution in [3.05, 3.63) is 61.2 Å². The molecule has 1 aliphatic heterocycles. The number of nitrogens with zero attached hydrogens (tertiary/aromatic N) is 5. The topological polar surface area (TPSA) is 219 Å². The number of anilines is 2. The normalized spacial score (nSPS) is 13.5. The monoisotopic (exact) mass is 819 g/mol. The van der Waals surface area contributed by atoms with E-state index in [1.54, 1.807) is 30.7 Å². The molecule has 1 aliphatic rings. The summed E-state index contributed by atoms with van der Waals surface area (Å²) in [5, 5.41) is 29.3. The van der Waals surface area contributed by atoms with E-state index < -0.39 is 46.5 Å². The number of benzene rings is 2. The number of piperazine rings is 1. The molecule has 15 nitrogen and oxygen atoms in total. The fraction of sp³-hybridized carbons (Fsp3) is 0.333. The quantitative estimate of drug-likeness (QED) is 0.163. The zero-order chi connectivity index (χ0) is 41.9. The molecule has 2 aromatic heterocycles. The zero-order valence-electron chi connectivity index (χ0n) is 28.1. The van der Waals surface area contributed by atoms with E-state index in [0.29, 0.717) is 0 Å². The first-order chi connectivity index (χ1) is 25.2. The minimum atomic E-state index is -5.08. The van der Waals surface area contributed by atoms with Gasteiger partial charge in [-0.1, -0.05) is 12.1 Å². The largest absolute Gasteiger partial charge is 0.490 e. The Balaban J connectivity index is 0.000000408. The lowest BCUT2D eigenvalue weighted by atomic mass is 10.1. The van der Waals surface area contributed by atoms with Gasteiger partial charge in [-0.2, -0.15) is 44.6 Å². The summed E-state index contributed by atoms with van der Waals surface area (Å²) in [5.74, 6) is -7.36. The minimum absolute atomic E-state index is 0.158. The van der Waals surface area contributed by atoms with Crippen LogP contribution in [0.5, 0.6) is 0 Å². The van der Waals surface area contributed by atoms with Crippen molar-refractivity contribution in [3.8, 4) is 11.1 Å². The number of halogens is 9. The Bertz CT molecular complexity index is 1960. The summed E-state index contributed by atoms with van der Waals surface area (Å²) in [6.45, 7) is 6.68. The summed E-state index contributed by atoms with van der Waals surface area (Å²) in [4.78, 5) is 40.5. The number of hydrogen-bond acceptors (Lipinski definition) is 10. The van der Waals surface area contributed by atoms with E-state index in [1.165, 1.54) is 0 Å². The van der Waals surface area contributed by atoms with Gasteiger partial charge in [-0.25, -0.2) is 37.5 Å². The van der Waals surface area contributed by atoms with Gasteiger partial charge >= 0.3 is 36.4 Å². The van der Waals surface area contributed by atoms with Crippen LogP contribution >= 0.6 is 0 Å². The third kappa shape index (κ3) is 14.2. The van der Waals surface area contributed by atoms with E-state index in [0.717, 1.165) is 59.7 Å². The Labute approximate surface area is 304 Å². The van der Waals surface area contributed by atoms with Crippen molar-refractivity contribution in [1.82, 2.24) is 24.9 Å². The van der Waals surface area contributed by atoms with E-state index in [4.69, 9.17) is 29.7 Å². The van der Waals surface area contributed by atoms with Gasteiger partial charge < -0.3 is 25.1 Å². The van der Waals surface area contributed by atoms with Crippen LogP contribution in [-0.4, -0.2) is 113 Å². The molecule has 25 heteroatoms. The highest BCUT2D eigenvalue weighted by Crippen LogP contribution is 2.30. The van der Waals surface area contributed by atoms with E-state index >= 15 is 0 Å². The maximum absolute atomic E-state index is 12.6. The van der Waals surface area contributed by atoms with Gasteiger partial charge in [-0.15, -0.1) is 0 Å². The molecular formula is C30H30F9N7O8S. The zero-order valence-corrected chi connectivity index (χ0v) is 28.9. The molecule has 0 radical (unpaired) electrons. The predicted molar refractivity (Wildman–Crippen MR) is 175 cm³/mol. The summed E-state index contributed by atoms with van der Waals surface area (Å²) in [6.07, 6.45) is -9.97. The van der Waals surface area contributed by atoms with Gasteiger partial charge in [0.25, 0.3) is 0 Å². The molecule has 2 aromatic carbocycles. The number of rotatable bonds is 6. The van der Waals surface area contributed by atoms with Gasteiger partial charge in [0.2, 0.25) is 10.0 Å². The number of aromatic nitrogens is 4. The van der Waals surface area contributed by atoms with Crippen molar-refractivity contribution in [3.63, 3.8) is 0 Å². The van der Waals surface area contributed by atoms with Crippen LogP contribution in [0.1, 0.15) is 13.8 Å². The highest BCUT2D eigenvalue weighted by atomic mass is 32.2. The van der Waals surface area contributed by atoms with Crippen LogP contribution in [0.15, 0.2) is 66.1 Å². The molecule has 1 fully saturated rings. The molecule has 3 heterocycles. The Morgan fingerprint density at radius 1 is 0.764 bits per heavy atom. The van der Waals surface area contributed by atoms with Gasteiger partial charge in [-0.05, 0) is 49.7 Å². The highest BCUT2D eigenvalue weighted by molar-refractivity contribution is 7.89. The maximum Gasteiger partial charge on any atom is 0.490 e. The Morgan fingerprint density at radius 3 is 1.73 bits per heavy atom. The second kappa shape index (κ2) is 18.5. The molecule has 4 aromatic rings. The molecule has 0 atom stereocenters. The number of aromatic amines is 1. The number of sulfonamides is 1. The van der Waals surface area contributed by atoms with E-state index in [9.17, 15) is 47.9 Å². The lowest BCUT2D eigenvalue weighted by molar-refractivity contribution is -0.193. The number of carbonyl (C=O) groups is 3. The van der Waals surface area contributed by atoms with E-state index in [1.807, 2.05) is 38.2 Å². The molecule has 1 saturated heterocycles. The van der Waals surface area contributed by atoms with Crippen molar-refractivity contribution in [2.24, 2.45) is 0 Å². The van der Waals surface area contributed by atoms with Crippen LogP contribution in [0.3, 0.4) is 0 Å². The van der Waals surface area contributed by atoms with Crippen molar-refractivity contribution in [1.29, 1.82) is 0 Å². The fourth-order valence-corrected chi connectivity index (χ4v) is 5.58. The molecule has 302 valence electrons.